The Kier molecular flexibility index (Phi) is 3.89. The molecule has 17 heavy (non-hydrogen) atoms. The van der Waals surface area contributed by atoms with Gasteiger partial charge in [-0.2, -0.15) is 0 Å². The molecular formula is C13H15ClO2S. The first kappa shape index (κ1) is 12.7. The Morgan fingerprint density at radius 3 is 2.18 bits per heavy atom. The first-order chi connectivity index (χ1) is 8.12. The smallest absolute Gasteiger partial charge is 0.217 e. The van der Waals surface area contributed by atoms with Crippen LogP contribution in [0, 0.1) is 0 Å². The van der Waals surface area contributed by atoms with Crippen LogP contribution in [0.25, 0.3) is 0 Å². The van der Waals surface area contributed by atoms with Gasteiger partial charge in [-0.3, -0.25) is 0 Å². The predicted octanol–water partition coefficient (Wildman–Crippen LogP) is 3.87. The maximum absolute atomic E-state index is 12.2. The van der Waals surface area contributed by atoms with Crippen LogP contribution in [0.3, 0.4) is 0 Å². The lowest BCUT2D eigenvalue weighted by molar-refractivity contribution is 0.589. The summed E-state index contributed by atoms with van der Waals surface area (Å²) in [5, 5.41) is 0. The Morgan fingerprint density at radius 1 is 1.00 bits per heavy atom. The van der Waals surface area contributed by atoms with E-state index in [1.54, 1.807) is 30.3 Å². The summed E-state index contributed by atoms with van der Waals surface area (Å²) < 4.78 is 24.5. The summed E-state index contributed by atoms with van der Waals surface area (Å²) in [5.74, 6) is 0. The van der Waals surface area contributed by atoms with E-state index in [0.29, 0.717) is 0 Å². The van der Waals surface area contributed by atoms with Crippen LogP contribution >= 0.6 is 11.6 Å². The third-order valence-electron chi connectivity index (χ3n) is 3.02. The highest BCUT2D eigenvalue weighted by Gasteiger charge is 2.23. The molecule has 1 saturated carbocycles. The van der Waals surface area contributed by atoms with E-state index >= 15 is 0 Å². The maximum Gasteiger partial charge on any atom is 0.217 e. The second-order valence-electron chi connectivity index (χ2n) is 4.25. The molecule has 0 atom stereocenters. The summed E-state index contributed by atoms with van der Waals surface area (Å²) in [7, 11) is -3.49. The lowest BCUT2D eigenvalue weighted by Crippen LogP contribution is -2.06. The molecule has 1 aliphatic carbocycles. The summed E-state index contributed by atoms with van der Waals surface area (Å²) in [6.07, 6.45) is 4.86. The average Bonchev–Trinajstić information content (AvgIpc) is 2.40. The van der Waals surface area contributed by atoms with E-state index in [1.807, 2.05) is 0 Å². The fourth-order valence-corrected chi connectivity index (χ4v) is 3.83. The maximum atomic E-state index is 12.2. The number of sulfone groups is 1. The Labute approximate surface area is 107 Å². The molecule has 0 aromatic heterocycles. The highest BCUT2D eigenvalue weighted by atomic mass is 35.5. The highest BCUT2D eigenvalue weighted by Crippen LogP contribution is 2.33. The van der Waals surface area contributed by atoms with Gasteiger partial charge >= 0.3 is 0 Å². The topological polar surface area (TPSA) is 34.1 Å². The molecule has 0 saturated heterocycles. The molecule has 1 aromatic rings. The molecule has 2 rings (SSSR count). The minimum atomic E-state index is -3.49. The third-order valence-corrected chi connectivity index (χ3v) is 5.55. The molecule has 1 fully saturated rings. The predicted molar refractivity (Wildman–Crippen MR) is 69.6 cm³/mol. The van der Waals surface area contributed by atoms with Gasteiger partial charge in [0.15, 0.2) is 0 Å². The third kappa shape index (κ3) is 2.72. The first-order valence-corrected chi connectivity index (χ1v) is 7.66. The Balaban J connectivity index is 2.39. The number of allylic oxidation sites excluding steroid dienone is 1. The van der Waals surface area contributed by atoms with Gasteiger partial charge in [-0.05, 0) is 43.4 Å². The molecule has 0 spiro atoms. The van der Waals surface area contributed by atoms with Crippen LogP contribution in [0.4, 0.5) is 0 Å². The van der Waals surface area contributed by atoms with Crippen molar-refractivity contribution in [3.63, 3.8) is 0 Å². The Bertz CT molecular complexity index is 510. The van der Waals surface area contributed by atoms with Crippen LogP contribution in [0.1, 0.15) is 32.1 Å². The average molecular weight is 271 g/mol. The summed E-state index contributed by atoms with van der Waals surface area (Å²) >= 11 is 6.08. The van der Waals surface area contributed by atoms with E-state index in [4.69, 9.17) is 11.6 Å². The Morgan fingerprint density at radius 2 is 1.59 bits per heavy atom. The quantitative estimate of drug-likeness (QED) is 0.817. The van der Waals surface area contributed by atoms with Crippen molar-refractivity contribution < 1.29 is 8.42 Å². The molecule has 0 aliphatic heterocycles. The SMILES string of the molecule is O=S(=O)(C(Cl)=C1CCCCC1)c1ccccc1. The van der Waals surface area contributed by atoms with Crippen molar-refractivity contribution in [1.82, 2.24) is 0 Å². The highest BCUT2D eigenvalue weighted by molar-refractivity contribution is 7.96. The number of rotatable bonds is 2. The van der Waals surface area contributed by atoms with Crippen molar-refractivity contribution in [3.8, 4) is 0 Å². The monoisotopic (exact) mass is 270 g/mol. The first-order valence-electron chi connectivity index (χ1n) is 5.80. The number of hydrogen-bond acceptors (Lipinski definition) is 2. The lowest BCUT2D eigenvalue weighted by atomic mass is 9.96. The second-order valence-corrected chi connectivity index (χ2v) is 6.74. The van der Waals surface area contributed by atoms with Gasteiger partial charge in [0.25, 0.3) is 0 Å². The van der Waals surface area contributed by atoms with Gasteiger partial charge < -0.3 is 0 Å². The van der Waals surface area contributed by atoms with Gasteiger partial charge in [-0.25, -0.2) is 8.42 Å². The summed E-state index contributed by atoms with van der Waals surface area (Å²) in [4.78, 5) is 0.281. The standard InChI is InChI=1S/C13H15ClO2S/c14-13(11-7-3-1-4-8-11)17(15,16)12-9-5-2-6-10-12/h2,5-6,9-10H,1,3-4,7-8H2. The van der Waals surface area contributed by atoms with Crippen molar-refractivity contribution in [3.05, 3.63) is 40.3 Å². The molecule has 1 aromatic carbocycles. The summed E-state index contributed by atoms with van der Waals surface area (Å²) in [6, 6.07) is 8.38. The van der Waals surface area contributed by atoms with E-state index in [1.165, 1.54) is 6.42 Å². The fraction of sp³-hybridized carbons (Fsp3) is 0.385. The van der Waals surface area contributed by atoms with Crippen LogP contribution in [-0.4, -0.2) is 8.42 Å². The van der Waals surface area contributed by atoms with E-state index in [2.05, 4.69) is 0 Å². The van der Waals surface area contributed by atoms with Gasteiger partial charge in [-0.15, -0.1) is 0 Å². The second kappa shape index (κ2) is 5.23. The largest absolute Gasteiger partial charge is 0.218 e. The molecule has 0 amide bonds. The number of hydrogen-bond donors (Lipinski definition) is 0. The molecular weight excluding hydrogens is 256 g/mol. The number of halogens is 1. The van der Waals surface area contributed by atoms with Gasteiger partial charge in [0.2, 0.25) is 9.84 Å². The number of benzene rings is 1. The van der Waals surface area contributed by atoms with Crippen molar-refractivity contribution in [2.45, 2.75) is 37.0 Å². The zero-order valence-electron chi connectivity index (χ0n) is 9.52. The van der Waals surface area contributed by atoms with E-state index < -0.39 is 9.84 Å². The molecule has 2 nitrogen and oxygen atoms in total. The van der Waals surface area contributed by atoms with Crippen molar-refractivity contribution in [2.75, 3.05) is 0 Å². The van der Waals surface area contributed by atoms with Gasteiger partial charge in [-0.1, -0.05) is 36.2 Å². The van der Waals surface area contributed by atoms with Gasteiger partial charge in [0.05, 0.1) is 4.90 Å². The zero-order chi connectivity index (χ0) is 12.3. The molecule has 0 N–H and O–H groups in total. The summed E-state index contributed by atoms with van der Waals surface area (Å²) in [6.45, 7) is 0. The van der Waals surface area contributed by atoms with Crippen LogP contribution < -0.4 is 0 Å². The molecule has 0 unspecified atom stereocenters. The van der Waals surface area contributed by atoms with Gasteiger partial charge in [0, 0.05) is 0 Å². The van der Waals surface area contributed by atoms with Crippen LogP contribution in [0.2, 0.25) is 0 Å². The van der Waals surface area contributed by atoms with E-state index in [9.17, 15) is 8.42 Å². The molecule has 4 heteroatoms. The summed E-state index contributed by atoms with van der Waals surface area (Å²) in [5.41, 5.74) is 0.891. The molecule has 92 valence electrons. The minimum Gasteiger partial charge on any atom is -0.218 e. The molecule has 0 radical (unpaired) electrons. The van der Waals surface area contributed by atoms with Crippen LogP contribution in [-0.2, 0) is 9.84 Å². The van der Waals surface area contributed by atoms with Crippen LogP contribution in [0.15, 0.2) is 45.2 Å². The molecule has 0 bridgehead atoms. The van der Waals surface area contributed by atoms with Crippen molar-refractivity contribution >= 4 is 21.4 Å². The lowest BCUT2D eigenvalue weighted by Gasteiger charge is -2.15. The zero-order valence-corrected chi connectivity index (χ0v) is 11.1. The van der Waals surface area contributed by atoms with Crippen molar-refractivity contribution in [2.24, 2.45) is 0 Å². The molecule has 0 heterocycles. The minimum absolute atomic E-state index is 0.0448. The van der Waals surface area contributed by atoms with Crippen LogP contribution in [0.5, 0.6) is 0 Å². The normalized spacial score (nSPS) is 16.9. The van der Waals surface area contributed by atoms with Gasteiger partial charge in [0.1, 0.15) is 4.36 Å². The van der Waals surface area contributed by atoms with E-state index in [0.717, 1.165) is 31.3 Å². The fourth-order valence-electron chi connectivity index (χ4n) is 2.07. The van der Waals surface area contributed by atoms with Crippen molar-refractivity contribution in [1.29, 1.82) is 0 Å². The Hall–Kier alpha value is -0.800. The van der Waals surface area contributed by atoms with E-state index in [-0.39, 0.29) is 9.26 Å². The molecule has 1 aliphatic rings.